The number of amides is 1. The standard InChI is InChI=1S/C18H23N3O/c1-12-5-4-6-16(7-12)21-13(2)8-17(14(21)3)18(22)20-11-15-9-19-10-15/h4-8,15,19H,9-11H2,1-3H3,(H,20,22). The molecule has 0 spiro atoms. The van der Waals surface area contributed by atoms with Gasteiger partial charge in [0, 0.05) is 42.6 Å². The van der Waals surface area contributed by atoms with Crippen molar-refractivity contribution < 1.29 is 4.79 Å². The fraction of sp³-hybridized carbons (Fsp3) is 0.389. The van der Waals surface area contributed by atoms with Crippen molar-refractivity contribution in [3.05, 3.63) is 52.8 Å². The molecule has 116 valence electrons. The van der Waals surface area contributed by atoms with Gasteiger partial charge in [-0.1, -0.05) is 12.1 Å². The highest BCUT2D eigenvalue weighted by molar-refractivity contribution is 5.95. The summed E-state index contributed by atoms with van der Waals surface area (Å²) in [5.74, 6) is 0.600. The molecule has 1 aliphatic rings. The predicted molar refractivity (Wildman–Crippen MR) is 88.7 cm³/mol. The van der Waals surface area contributed by atoms with Crippen LogP contribution in [0.15, 0.2) is 30.3 Å². The lowest BCUT2D eigenvalue weighted by Gasteiger charge is -2.27. The summed E-state index contributed by atoms with van der Waals surface area (Å²) in [6, 6.07) is 10.3. The molecule has 2 N–H and O–H groups in total. The number of rotatable bonds is 4. The number of aromatic nitrogens is 1. The van der Waals surface area contributed by atoms with Gasteiger partial charge in [-0.3, -0.25) is 4.79 Å². The van der Waals surface area contributed by atoms with Crippen LogP contribution in [-0.2, 0) is 0 Å². The Morgan fingerprint density at radius 2 is 2.05 bits per heavy atom. The van der Waals surface area contributed by atoms with Crippen LogP contribution in [0.1, 0.15) is 27.3 Å². The van der Waals surface area contributed by atoms with Gasteiger partial charge in [-0.15, -0.1) is 0 Å². The minimum absolute atomic E-state index is 0.0268. The minimum atomic E-state index is 0.0268. The molecule has 1 fully saturated rings. The van der Waals surface area contributed by atoms with Gasteiger partial charge in [0.05, 0.1) is 5.56 Å². The van der Waals surface area contributed by atoms with Crippen molar-refractivity contribution in [1.29, 1.82) is 0 Å². The highest BCUT2D eigenvalue weighted by atomic mass is 16.1. The first-order valence-electron chi connectivity index (χ1n) is 7.81. The molecule has 1 aromatic heterocycles. The number of hydrogen-bond acceptors (Lipinski definition) is 2. The summed E-state index contributed by atoms with van der Waals surface area (Å²) >= 11 is 0. The zero-order chi connectivity index (χ0) is 15.7. The summed E-state index contributed by atoms with van der Waals surface area (Å²) in [5.41, 5.74) is 5.17. The van der Waals surface area contributed by atoms with Crippen LogP contribution in [0, 0.1) is 26.7 Å². The van der Waals surface area contributed by atoms with Crippen molar-refractivity contribution in [3.63, 3.8) is 0 Å². The van der Waals surface area contributed by atoms with Gasteiger partial charge >= 0.3 is 0 Å². The normalized spacial score (nSPS) is 14.7. The van der Waals surface area contributed by atoms with E-state index >= 15 is 0 Å². The molecule has 2 aromatic rings. The second-order valence-corrected chi connectivity index (χ2v) is 6.19. The van der Waals surface area contributed by atoms with Crippen molar-refractivity contribution >= 4 is 5.91 Å². The molecule has 4 heteroatoms. The molecule has 0 unspecified atom stereocenters. The molecule has 0 atom stereocenters. The smallest absolute Gasteiger partial charge is 0.253 e. The number of carbonyl (C=O) groups is 1. The van der Waals surface area contributed by atoms with E-state index in [2.05, 4.69) is 40.3 Å². The summed E-state index contributed by atoms with van der Waals surface area (Å²) in [6.45, 7) is 8.89. The molecule has 1 saturated heterocycles. The largest absolute Gasteiger partial charge is 0.352 e. The van der Waals surface area contributed by atoms with Crippen molar-refractivity contribution in [2.24, 2.45) is 5.92 Å². The first-order chi connectivity index (χ1) is 10.6. The number of hydrogen-bond donors (Lipinski definition) is 2. The third-order valence-electron chi connectivity index (χ3n) is 4.35. The van der Waals surface area contributed by atoms with E-state index in [1.54, 1.807) is 0 Å². The average molecular weight is 297 g/mol. The molecule has 1 aromatic carbocycles. The average Bonchev–Trinajstić information content (AvgIpc) is 2.72. The molecule has 1 aliphatic heterocycles. The number of benzene rings is 1. The number of aryl methyl sites for hydroxylation is 2. The second-order valence-electron chi connectivity index (χ2n) is 6.19. The number of nitrogens with zero attached hydrogens (tertiary/aromatic N) is 1. The molecule has 0 bridgehead atoms. The van der Waals surface area contributed by atoms with Crippen LogP contribution in [0.5, 0.6) is 0 Å². The Balaban J connectivity index is 1.84. The van der Waals surface area contributed by atoms with Crippen molar-refractivity contribution in [3.8, 4) is 5.69 Å². The zero-order valence-electron chi connectivity index (χ0n) is 13.4. The van der Waals surface area contributed by atoms with Crippen LogP contribution in [0.3, 0.4) is 0 Å². The van der Waals surface area contributed by atoms with Crippen molar-refractivity contribution in [1.82, 2.24) is 15.2 Å². The molecule has 22 heavy (non-hydrogen) atoms. The van der Waals surface area contributed by atoms with Crippen LogP contribution < -0.4 is 10.6 Å². The third kappa shape index (κ3) is 2.79. The Morgan fingerprint density at radius 3 is 2.68 bits per heavy atom. The Labute approximate surface area is 131 Å². The lowest BCUT2D eigenvalue weighted by Crippen LogP contribution is -2.48. The van der Waals surface area contributed by atoms with Crippen molar-refractivity contribution in [2.75, 3.05) is 19.6 Å². The van der Waals surface area contributed by atoms with Crippen LogP contribution in [0.2, 0.25) is 0 Å². The zero-order valence-corrected chi connectivity index (χ0v) is 13.4. The lowest BCUT2D eigenvalue weighted by molar-refractivity contribution is 0.0941. The summed E-state index contributed by atoms with van der Waals surface area (Å²) in [6.07, 6.45) is 0. The van der Waals surface area contributed by atoms with E-state index in [9.17, 15) is 4.79 Å². The van der Waals surface area contributed by atoms with Crippen LogP contribution >= 0.6 is 0 Å². The van der Waals surface area contributed by atoms with Gasteiger partial charge in [0.2, 0.25) is 0 Å². The Morgan fingerprint density at radius 1 is 1.27 bits per heavy atom. The molecule has 2 heterocycles. The van der Waals surface area contributed by atoms with Crippen LogP contribution in [-0.4, -0.2) is 30.1 Å². The molecule has 0 radical (unpaired) electrons. The fourth-order valence-electron chi connectivity index (χ4n) is 2.98. The quantitative estimate of drug-likeness (QED) is 0.910. The maximum absolute atomic E-state index is 12.4. The number of carbonyl (C=O) groups excluding carboxylic acids is 1. The SMILES string of the molecule is Cc1cccc(-n2c(C)cc(C(=O)NCC3CNC3)c2C)c1. The second kappa shape index (κ2) is 5.97. The third-order valence-corrected chi connectivity index (χ3v) is 4.35. The monoisotopic (exact) mass is 297 g/mol. The van der Waals surface area contributed by atoms with E-state index in [1.807, 2.05) is 26.0 Å². The summed E-state index contributed by atoms with van der Waals surface area (Å²) in [4.78, 5) is 12.4. The molecule has 4 nitrogen and oxygen atoms in total. The van der Waals surface area contributed by atoms with Gasteiger partial charge in [-0.05, 0) is 44.5 Å². The molecular formula is C18H23N3O. The molecule has 0 aliphatic carbocycles. The van der Waals surface area contributed by atoms with E-state index in [0.717, 1.165) is 42.3 Å². The first kappa shape index (κ1) is 14.9. The molecule has 3 rings (SSSR count). The Bertz CT molecular complexity index is 698. The summed E-state index contributed by atoms with van der Waals surface area (Å²) in [7, 11) is 0. The van der Waals surface area contributed by atoms with Crippen molar-refractivity contribution in [2.45, 2.75) is 20.8 Å². The van der Waals surface area contributed by atoms with Crippen LogP contribution in [0.4, 0.5) is 0 Å². The number of nitrogens with one attached hydrogen (secondary N) is 2. The molecule has 0 saturated carbocycles. The topological polar surface area (TPSA) is 46.1 Å². The fourth-order valence-corrected chi connectivity index (χ4v) is 2.98. The maximum Gasteiger partial charge on any atom is 0.253 e. The van der Waals surface area contributed by atoms with Gasteiger partial charge in [0.1, 0.15) is 0 Å². The molecule has 1 amide bonds. The van der Waals surface area contributed by atoms with Gasteiger partial charge in [-0.25, -0.2) is 0 Å². The Kier molecular flexibility index (Phi) is 4.03. The van der Waals surface area contributed by atoms with Gasteiger partial charge in [0.25, 0.3) is 5.91 Å². The lowest BCUT2D eigenvalue weighted by atomic mass is 10.0. The highest BCUT2D eigenvalue weighted by Crippen LogP contribution is 2.21. The minimum Gasteiger partial charge on any atom is -0.352 e. The first-order valence-corrected chi connectivity index (χ1v) is 7.81. The van der Waals surface area contributed by atoms with Gasteiger partial charge in [0.15, 0.2) is 0 Å². The maximum atomic E-state index is 12.4. The van der Waals surface area contributed by atoms with Gasteiger partial charge in [-0.2, -0.15) is 0 Å². The van der Waals surface area contributed by atoms with E-state index in [-0.39, 0.29) is 5.91 Å². The summed E-state index contributed by atoms with van der Waals surface area (Å²) < 4.78 is 2.15. The predicted octanol–water partition coefficient (Wildman–Crippen LogP) is 2.35. The van der Waals surface area contributed by atoms with Gasteiger partial charge < -0.3 is 15.2 Å². The van der Waals surface area contributed by atoms with E-state index in [4.69, 9.17) is 0 Å². The van der Waals surface area contributed by atoms with E-state index in [0.29, 0.717) is 5.92 Å². The van der Waals surface area contributed by atoms with Crippen LogP contribution in [0.25, 0.3) is 5.69 Å². The Hall–Kier alpha value is -2.07. The van der Waals surface area contributed by atoms with E-state index < -0.39 is 0 Å². The van der Waals surface area contributed by atoms with E-state index in [1.165, 1.54) is 5.56 Å². The molecular weight excluding hydrogens is 274 g/mol. The summed E-state index contributed by atoms with van der Waals surface area (Å²) in [5, 5.41) is 6.27. The highest BCUT2D eigenvalue weighted by Gasteiger charge is 2.20.